The van der Waals surface area contributed by atoms with E-state index in [9.17, 15) is 10.1 Å². The summed E-state index contributed by atoms with van der Waals surface area (Å²) in [5, 5.41) is 12.1. The zero-order valence-corrected chi connectivity index (χ0v) is 19.5. The topological polar surface area (TPSA) is 68.4 Å². The minimum absolute atomic E-state index is 0.0444. The average molecular weight is 508 g/mol. The number of hydrogen-bond donors (Lipinski definition) is 0. The fourth-order valence-corrected chi connectivity index (χ4v) is 4.15. The Hall–Kier alpha value is -4.16. The number of aromatic nitrogens is 1. The lowest BCUT2D eigenvalue weighted by Gasteiger charge is -2.11. The Kier molecular flexibility index (Phi) is 5.97. The van der Waals surface area contributed by atoms with E-state index in [1.807, 2.05) is 54.6 Å². The molecule has 5 rings (SSSR count). The second-order valence-electron chi connectivity index (χ2n) is 7.74. The van der Waals surface area contributed by atoms with Crippen LogP contribution in [0.1, 0.15) is 5.56 Å². The van der Waals surface area contributed by atoms with E-state index in [0.717, 1.165) is 43.4 Å². The minimum atomic E-state index is -0.412. The Morgan fingerprint density at radius 2 is 1.62 bits per heavy atom. The maximum Gasteiger partial charge on any atom is 0.270 e. The van der Waals surface area contributed by atoms with Gasteiger partial charge in [-0.2, -0.15) is 0 Å². The summed E-state index contributed by atoms with van der Waals surface area (Å²) in [6.07, 6.45) is 1.63. The first-order chi connectivity index (χ1) is 16.6. The summed E-state index contributed by atoms with van der Waals surface area (Å²) in [5.41, 5.74) is 6.51. The van der Waals surface area contributed by atoms with Crippen LogP contribution in [0.25, 0.3) is 33.3 Å². The third kappa shape index (κ3) is 4.63. The molecule has 0 N–H and O–H groups in total. The van der Waals surface area contributed by atoms with E-state index < -0.39 is 4.92 Å². The van der Waals surface area contributed by atoms with Crippen molar-refractivity contribution < 1.29 is 4.92 Å². The molecule has 0 aliphatic heterocycles. The van der Waals surface area contributed by atoms with Crippen molar-refractivity contribution in [1.29, 1.82) is 0 Å². The molecular formula is C28H18BrN3O2. The first kappa shape index (κ1) is 21.7. The molecule has 0 aliphatic rings. The van der Waals surface area contributed by atoms with E-state index in [1.165, 1.54) is 12.1 Å². The highest BCUT2D eigenvalue weighted by Crippen LogP contribution is 2.34. The number of rotatable bonds is 5. The molecule has 0 unspecified atom stereocenters. The van der Waals surface area contributed by atoms with E-state index in [2.05, 4.69) is 45.2 Å². The van der Waals surface area contributed by atoms with Crippen LogP contribution in [0.5, 0.6) is 0 Å². The Bertz CT molecular complexity index is 1530. The molecule has 0 saturated carbocycles. The van der Waals surface area contributed by atoms with E-state index in [1.54, 1.807) is 18.3 Å². The summed E-state index contributed by atoms with van der Waals surface area (Å²) in [4.78, 5) is 19.9. The molecule has 0 atom stereocenters. The Balaban J connectivity index is 1.49. The second-order valence-corrected chi connectivity index (χ2v) is 8.66. The summed E-state index contributed by atoms with van der Waals surface area (Å²) in [6.45, 7) is 0. The lowest BCUT2D eigenvalue weighted by molar-refractivity contribution is -0.384. The number of pyridine rings is 1. The quantitative estimate of drug-likeness (QED) is 0.137. The first-order valence-corrected chi connectivity index (χ1v) is 11.4. The molecule has 5 nitrogen and oxygen atoms in total. The number of fused-ring (bicyclic) bond motifs is 1. The van der Waals surface area contributed by atoms with Crippen molar-refractivity contribution in [3.05, 3.63) is 123 Å². The van der Waals surface area contributed by atoms with Gasteiger partial charge in [0.2, 0.25) is 0 Å². The maximum atomic E-state index is 11.0. The number of nitrogens with zero attached hydrogens (tertiary/aromatic N) is 3. The number of non-ortho nitro benzene ring substituents is 1. The van der Waals surface area contributed by atoms with Crippen LogP contribution in [-0.4, -0.2) is 16.1 Å². The average Bonchev–Trinajstić information content (AvgIpc) is 2.88. The highest BCUT2D eigenvalue weighted by atomic mass is 79.9. The van der Waals surface area contributed by atoms with E-state index in [0.29, 0.717) is 5.56 Å². The number of halogens is 1. The molecule has 0 bridgehead atoms. The molecule has 34 heavy (non-hydrogen) atoms. The van der Waals surface area contributed by atoms with Crippen molar-refractivity contribution >= 4 is 44.4 Å². The van der Waals surface area contributed by atoms with Crippen molar-refractivity contribution in [3.63, 3.8) is 0 Å². The summed E-state index contributed by atoms with van der Waals surface area (Å²) in [5.74, 6) is 0. The Morgan fingerprint density at radius 3 is 2.38 bits per heavy atom. The molecule has 1 aromatic heterocycles. The molecule has 0 radical (unpaired) electrons. The van der Waals surface area contributed by atoms with Gasteiger partial charge in [0, 0.05) is 33.8 Å². The second kappa shape index (κ2) is 9.37. The van der Waals surface area contributed by atoms with E-state index >= 15 is 0 Å². The molecule has 0 fully saturated rings. The first-order valence-electron chi connectivity index (χ1n) is 10.6. The van der Waals surface area contributed by atoms with Crippen molar-refractivity contribution in [2.75, 3.05) is 0 Å². The van der Waals surface area contributed by atoms with Gasteiger partial charge in [-0.1, -0.05) is 70.5 Å². The molecule has 4 aromatic carbocycles. The van der Waals surface area contributed by atoms with Crippen LogP contribution in [0.15, 0.2) is 113 Å². The van der Waals surface area contributed by atoms with Crippen molar-refractivity contribution in [3.8, 4) is 22.4 Å². The molecule has 0 aliphatic carbocycles. The smallest absolute Gasteiger partial charge is 0.258 e. The maximum absolute atomic E-state index is 11.0. The molecule has 6 heteroatoms. The van der Waals surface area contributed by atoms with Crippen molar-refractivity contribution in [2.24, 2.45) is 4.99 Å². The van der Waals surface area contributed by atoms with Crippen molar-refractivity contribution in [1.82, 2.24) is 4.98 Å². The summed E-state index contributed by atoms with van der Waals surface area (Å²) < 4.78 is 1.01. The fourth-order valence-electron chi connectivity index (χ4n) is 3.79. The van der Waals surface area contributed by atoms with Gasteiger partial charge >= 0.3 is 0 Å². The largest absolute Gasteiger partial charge is 0.270 e. The van der Waals surface area contributed by atoms with Crippen LogP contribution in [0, 0.1) is 10.1 Å². The van der Waals surface area contributed by atoms with Crippen LogP contribution in [0.2, 0.25) is 0 Å². The number of hydrogen-bond acceptors (Lipinski definition) is 4. The lowest BCUT2D eigenvalue weighted by atomic mass is 9.98. The third-order valence-corrected chi connectivity index (χ3v) is 5.96. The number of nitro groups is 1. The molecular weight excluding hydrogens is 490 g/mol. The monoisotopic (exact) mass is 507 g/mol. The van der Waals surface area contributed by atoms with Crippen LogP contribution in [0.3, 0.4) is 0 Å². The standard InChI is InChI=1S/C28H18BrN3O2/c29-22-11-14-27-26(16-22)25(20-6-2-1-3-7-20)17-28(31-27)21-9-12-23(13-10-21)30-18-19-5-4-8-24(15-19)32(33)34/h1-18H. The van der Waals surface area contributed by atoms with Gasteiger partial charge in [0.15, 0.2) is 0 Å². The van der Waals surface area contributed by atoms with Gasteiger partial charge in [-0.25, -0.2) is 4.98 Å². The number of aliphatic imine (C=N–C) groups is 1. The van der Waals surface area contributed by atoms with Crippen LogP contribution >= 0.6 is 15.9 Å². The summed E-state index contributed by atoms with van der Waals surface area (Å²) in [6, 6.07) is 32.7. The minimum Gasteiger partial charge on any atom is -0.258 e. The normalized spacial score (nSPS) is 11.2. The molecule has 164 valence electrons. The predicted molar refractivity (Wildman–Crippen MR) is 141 cm³/mol. The van der Waals surface area contributed by atoms with Gasteiger partial charge in [0.25, 0.3) is 5.69 Å². The zero-order chi connectivity index (χ0) is 23.5. The highest BCUT2D eigenvalue weighted by molar-refractivity contribution is 9.10. The SMILES string of the molecule is O=[N+]([O-])c1cccc(C=Nc2ccc(-c3cc(-c4ccccc4)c4cc(Br)ccc4n3)cc2)c1. The van der Waals surface area contributed by atoms with Crippen LogP contribution < -0.4 is 0 Å². The van der Waals surface area contributed by atoms with Crippen molar-refractivity contribution in [2.45, 2.75) is 0 Å². The Labute approximate surface area is 204 Å². The molecule has 0 saturated heterocycles. The molecule has 5 aromatic rings. The third-order valence-electron chi connectivity index (χ3n) is 5.46. The van der Waals surface area contributed by atoms with Gasteiger partial charge in [-0.05, 0) is 53.1 Å². The van der Waals surface area contributed by atoms with Gasteiger partial charge in [0.05, 0.1) is 21.8 Å². The summed E-state index contributed by atoms with van der Waals surface area (Å²) in [7, 11) is 0. The van der Waals surface area contributed by atoms with E-state index in [-0.39, 0.29) is 5.69 Å². The summed E-state index contributed by atoms with van der Waals surface area (Å²) >= 11 is 3.58. The van der Waals surface area contributed by atoms with Gasteiger partial charge in [-0.3, -0.25) is 15.1 Å². The molecule has 0 spiro atoms. The zero-order valence-electron chi connectivity index (χ0n) is 17.9. The number of nitro benzene ring substituents is 1. The predicted octanol–water partition coefficient (Wildman–Crippen LogP) is 7.99. The fraction of sp³-hybridized carbons (Fsp3) is 0. The Morgan fingerprint density at radius 1 is 0.824 bits per heavy atom. The molecule has 1 heterocycles. The lowest BCUT2D eigenvalue weighted by Crippen LogP contribution is -1.90. The van der Waals surface area contributed by atoms with Crippen LogP contribution in [-0.2, 0) is 0 Å². The van der Waals surface area contributed by atoms with Gasteiger partial charge < -0.3 is 0 Å². The van der Waals surface area contributed by atoms with E-state index in [4.69, 9.17) is 4.98 Å². The van der Waals surface area contributed by atoms with Gasteiger partial charge in [-0.15, -0.1) is 0 Å². The number of benzene rings is 4. The highest BCUT2D eigenvalue weighted by Gasteiger charge is 2.10. The van der Waals surface area contributed by atoms with Crippen LogP contribution in [0.4, 0.5) is 11.4 Å². The molecule has 0 amide bonds. The van der Waals surface area contributed by atoms with Gasteiger partial charge in [0.1, 0.15) is 0 Å².